The molecule has 4 heterocycles. The normalized spacial score (nSPS) is 14.5. The van der Waals surface area contributed by atoms with E-state index in [4.69, 9.17) is 14.5 Å². The van der Waals surface area contributed by atoms with E-state index in [-0.39, 0.29) is 6.10 Å². The van der Waals surface area contributed by atoms with Gasteiger partial charge in [-0.3, -0.25) is 0 Å². The van der Waals surface area contributed by atoms with Crippen LogP contribution in [0.3, 0.4) is 0 Å². The van der Waals surface area contributed by atoms with Gasteiger partial charge in [-0.05, 0) is 56.3 Å². The van der Waals surface area contributed by atoms with Crippen LogP contribution >= 0.6 is 11.3 Å². The van der Waals surface area contributed by atoms with E-state index in [1.807, 2.05) is 48.1 Å². The summed E-state index contributed by atoms with van der Waals surface area (Å²) in [6, 6.07) is 13.6. The molecule has 186 valence electrons. The molecule has 10 heteroatoms. The molecule has 0 saturated carbocycles. The third-order valence-corrected chi connectivity index (χ3v) is 6.97. The van der Waals surface area contributed by atoms with E-state index in [0.29, 0.717) is 17.7 Å². The number of benzene rings is 2. The van der Waals surface area contributed by atoms with E-state index in [0.717, 1.165) is 58.8 Å². The molecule has 9 nitrogen and oxygen atoms in total. The van der Waals surface area contributed by atoms with Crippen LogP contribution in [0.4, 0.5) is 11.6 Å². The maximum Gasteiger partial charge on any atom is 0.321 e. The number of fused-ring (bicyclic) bond motifs is 1. The Morgan fingerprint density at radius 1 is 0.973 bits per heavy atom. The molecule has 0 aliphatic carbocycles. The number of hydrogen-bond acceptors (Lipinski definition) is 10. The third-order valence-electron chi connectivity index (χ3n) is 6.16. The minimum Gasteiger partial charge on any atom is -0.490 e. The summed E-state index contributed by atoms with van der Waals surface area (Å²) >= 11 is 1.60. The zero-order valence-electron chi connectivity index (χ0n) is 20.2. The summed E-state index contributed by atoms with van der Waals surface area (Å²) in [5.74, 6) is 1.95. The molecule has 3 aromatic heterocycles. The Hall–Kier alpha value is -4.15. The number of nitrogens with zero attached hydrogens (tertiary/aromatic N) is 6. The van der Waals surface area contributed by atoms with Crippen LogP contribution in [0.5, 0.6) is 17.5 Å². The van der Waals surface area contributed by atoms with Gasteiger partial charge in [0.1, 0.15) is 22.6 Å². The van der Waals surface area contributed by atoms with Crippen LogP contribution in [0.1, 0.15) is 12.8 Å². The van der Waals surface area contributed by atoms with Crippen molar-refractivity contribution in [3.05, 3.63) is 72.6 Å². The minimum atomic E-state index is 0.175. The lowest BCUT2D eigenvalue weighted by Crippen LogP contribution is -2.35. The van der Waals surface area contributed by atoms with Crippen molar-refractivity contribution < 1.29 is 9.47 Å². The number of aromatic nitrogens is 5. The smallest absolute Gasteiger partial charge is 0.321 e. The Balaban J connectivity index is 1.24. The number of ether oxygens (including phenoxy) is 2. The fourth-order valence-electron chi connectivity index (χ4n) is 4.20. The van der Waals surface area contributed by atoms with Gasteiger partial charge in [-0.15, -0.1) is 11.3 Å². The molecule has 0 bridgehead atoms. The Morgan fingerprint density at radius 3 is 2.54 bits per heavy atom. The van der Waals surface area contributed by atoms with E-state index in [1.165, 1.54) is 0 Å². The van der Waals surface area contributed by atoms with Gasteiger partial charge in [-0.2, -0.15) is 0 Å². The molecule has 1 aliphatic rings. The first-order valence-corrected chi connectivity index (χ1v) is 13.0. The van der Waals surface area contributed by atoms with Crippen molar-refractivity contribution in [2.45, 2.75) is 18.9 Å². The van der Waals surface area contributed by atoms with Crippen LogP contribution in [0.25, 0.3) is 21.5 Å². The quantitative estimate of drug-likeness (QED) is 0.301. The van der Waals surface area contributed by atoms with E-state index in [2.05, 4.69) is 43.3 Å². The molecule has 5 aromatic rings. The molecule has 1 fully saturated rings. The van der Waals surface area contributed by atoms with Crippen LogP contribution < -0.4 is 14.8 Å². The van der Waals surface area contributed by atoms with Gasteiger partial charge < -0.3 is 19.7 Å². The second-order valence-corrected chi connectivity index (χ2v) is 9.74. The number of piperidine rings is 1. The molecule has 1 saturated heterocycles. The van der Waals surface area contributed by atoms with Crippen molar-refractivity contribution >= 4 is 33.9 Å². The largest absolute Gasteiger partial charge is 0.490 e. The van der Waals surface area contributed by atoms with Gasteiger partial charge in [-0.1, -0.05) is 0 Å². The van der Waals surface area contributed by atoms with E-state index >= 15 is 0 Å². The van der Waals surface area contributed by atoms with Crippen molar-refractivity contribution in [1.82, 2.24) is 29.8 Å². The molecule has 1 aliphatic heterocycles. The van der Waals surface area contributed by atoms with E-state index in [9.17, 15) is 0 Å². The van der Waals surface area contributed by atoms with Gasteiger partial charge in [0.15, 0.2) is 0 Å². The van der Waals surface area contributed by atoms with Gasteiger partial charge >= 0.3 is 6.01 Å². The lowest BCUT2D eigenvalue weighted by molar-refractivity contribution is 0.115. The maximum atomic E-state index is 6.52. The number of rotatable bonds is 7. The summed E-state index contributed by atoms with van der Waals surface area (Å²) in [6.45, 7) is 2.06. The van der Waals surface area contributed by atoms with Gasteiger partial charge in [0, 0.05) is 60.4 Å². The lowest BCUT2D eigenvalue weighted by Gasteiger charge is -2.29. The molecule has 1 N–H and O–H groups in total. The van der Waals surface area contributed by atoms with Crippen LogP contribution in [0.2, 0.25) is 0 Å². The number of hydrogen-bond donors (Lipinski definition) is 1. The van der Waals surface area contributed by atoms with Gasteiger partial charge in [-0.25, -0.2) is 24.9 Å². The zero-order valence-corrected chi connectivity index (χ0v) is 21.1. The first kappa shape index (κ1) is 23.3. The van der Waals surface area contributed by atoms with Crippen LogP contribution in [-0.2, 0) is 0 Å². The zero-order chi connectivity index (χ0) is 25.0. The number of thiazole rings is 1. The first-order chi connectivity index (χ1) is 18.2. The molecule has 0 spiro atoms. The minimum absolute atomic E-state index is 0.175. The molecular weight excluding hydrogens is 486 g/mol. The highest BCUT2D eigenvalue weighted by Crippen LogP contribution is 2.36. The molecule has 6 rings (SSSR count). The monoisotopic (exact) mass is 511 g/mol. The maximum absolute atomic E-state index is 6.52. The van der Waals surface area contributed by atoms with Crippen LogP contribution in [0, 0.1) is 0 Å². The summed E-state index contributed by atoms with van der Waals surface area (Å²) in [5, 5.41) is 7.10. The molecule has 0 amide bonds. The highest BCUT2D eigenvalue weighted by Gasteiger charge is 2.21. The van der Waals surface area contributed by atoms with Crippen molar-refractivity contribution in [2.24, 2.45) is 0 Å². The summed E-state index contributed by atoms with van der Waals surface area (Å²) < 4.78 is 12.2. The Labute approximate surface area is 218 Å². The molecule has 2 aromatic carbocycles. The molecule has 0 radical (unpaired) electrons. The average molecular weight is 512 g/mol. The number of anilines is 2. The second-order valence-electron chi connectivity index (χ2n) is 8.84. The number of likely N-dealkylation sites (tertiary alicyclic amines) is 1. The van der Waals surface area contributed by atoms with Crippen LogP contribution in [0.15, 0.2) is 72.6 Å². The van der Waals surface area contributed by atoms with E-state index < -0.39 is 0 Å². The standard InChI is InChI=1S/C27H25N7O2S/c1-34-12-7-21(8-13-34)35-24-16-23-18(15-22(24)25-28-11-14-37-25)17-31-26(33-23)32-19-3-5-20(6-4-19)36-27-29-9-2-10-30-27/h2-6,9-11,14-17,21H,7-8,12-13H2,1H3,(H,31,32,33). The topological polar surface area (TPSA) is 98.2 Å². The lowest BCUT2D eigenvalue weighted by atomic mass is 10.1. The Bertz CT molecular complexity index is 1470. The van der Waals surface area contributed by atoms with Crippen molar-refractivity contribution in [3.8, 4) is 28.1 Å². The van der Waals surface area contributed by atoms with Crippen molar-refractivity contribution in [3.63, 3.8) is 0 Å². The first-order valence-electron chi connectivity index (χ1n) is 12.1. The highest BCUT2D eigenvalue weighted by atomic mass is 32.1. The van der Waals surface area contributed by atoms with Crippen molar-refractivity contribution in [1.29, 1.82) is 0 Å². The predicted molar refractivity (Wildman–Crippen MR) is 144 cm³/mol. The van der Waals surface area contributed by atoms with Crippen LogP contribution in [-0.4, -0.2) is 56.1 Å². The highest BCUT2D eigenvalue weighted by molar-refractivity contribution is 7.13. The average Bonchev–Trinajstić information content (AvgIpc) is 3.46. The SMILES string of the molecule is CN1CCC(Oc2cc3nc(Nc4ccc(Oc5ncccn5)cc4)ncc3cc2-c2nccs2)CC1. The van der Waals surface area contributed by atoms with Crippen molar-refractivity contribution in [2.75, 3.05) is 25.5 Å². The predicted octanol–water partition coefficient (Wildman–Crippen LogP) is 5.55. The molecular formula is C27H25N7O2S. The summed E-state index contributed by atoms with van der Waals surface area (Å²) in [5.41, 5.74) is 2.62. The van der Waals surface area contributed by atoms with Gasteiger partial charge in [0.05, 0.1) is 11.1 Å². The fourth-order valence-corrected chi connectivity index (χ4v) is 4.86. The van der Waals surface area contributed by atoms with E-state index in [1.54, 1.807) is 29.8 Å². The summed E-state index contributed by atoms with van der Waals surface area (Å²) in [6.07, 6.45) is 9.09. The second kappa shape index (κ2) is 10.5. The Morgan fingerprint density at radius 2 is 1.78 bits per heavy atom. The number of nitrogens with one attached hydrogen (secondary N) is 1. The molecule has 0 atom stereocenters. The molecule has 0 unspecified atom stereocenters. The third kappa shape index (κ3) is 5.50. The van der Waals surface area contributed by atoms with Gasteiger partial charge in [0.25, 0.3) is 0 Å². The molecule has 37 heavy (non-hydrogen) atoms. The Kier molecular flexibility index (Phi) is 6.57. The van der Waals surface area contributed by atoms with Gasteiger partial charge in [0.2, 0.25) is 5.95 Å². The fraction of sp³-hybridized carbons (Fsp3) is 0.222. The summed E-state index contributed by atoms with van der Waals surface area (Å²) in [4.78, 5) is 24.3. The summed E-state index contributed by atoms with van der Waals surface area (Å²) in [7, 11) is 2.15.